The summed E-state index contributed by atoms with van der Waals surface area (Å²) in [5, 5.41) is 20.2. The number of pyridine rings is 2. The van der Waals surface area contributed by atoms with Gasteiger partial charge in [0.2, 0.25) is 11.8 Å². The van der Waals surface area contributed by atoms with Crippen LogP contribution in [0.15, 0.2) is 121 Å². The summed E-state index contributed by atoms with van der Waals surface area (Å²) in [6, 6.07) is 42.8. The van der Waals surface area contributed by atoms with E-state index in [4.69, 9.17) is 18.9 Å². The molecule has 4 aromatic carbocycles. The Bertz CT molecular complexity index is 1980. The number of benzene rings is 4. The topological polar surface area (TPSA) is 110 Å². The molecule has 8 nitrogen and oxygen atoms in total. The summed E-state index contributed by atoms with van der Waals surface area (Å²) in [7, 11) is 3.01. The largest absolute Gasteiger partial charge is 0.489 e. The van der Waals surface area contributed by atoms with Crippen molar-refractivity contribution in [1.29, 1.82) is 10.5 Å². The lowest BCUT2D eigenvalue weighted by atomic mass is 9.98. The average molecular weight is 631 g/mol. The van der Waals surface area contributed by atoms with Crippen LogP contribution in [-0.2, 0) is 0 Å². The monoisotopic (exact) mass is 630 g/mol. The van der Waals surface area contributed by atoms with E-state index in [0.29, 0.717) is 45.1 Å². The first-order valence-corrected chi connectivity index (χ1v) is 15.2. The van der Waals surface area contributed by atoms with E-state index in [1.807, 2.05) is 121 Å². The third kappa shape index (κ3) is 6.50. The molecule has 0 N–H and O–H groups in total. The number of rotatable bonds is 11. The van der Waals surface area contributed by atoms with Crippen LogP contribution in [0.2, 0.25) is 0 Å². The number of nitriles is 2. The van der Waals surface area contributed by atoms with Crippen molar-refractivity contribution in [3.63, 3.8) is 0 Å². The molecule has 0 spiro atoms. The second kappa shape index (κ2) is 14.6. The zero-order chi connectivity index (χ0) is 33.3. The second-order valence-electron chi connectivity index (χ2n) is 10.5. The van der Waals surface area contributed by atoms with Crippen molar-refractivity contribution in [1.82, 2.24) is 9.97 Å². The maximum absolute atomic E-state index is 10.1. The highest BCUT2D eigenvalue weighted by Gasteiger charge is 2.20. The first-order valence-electron chi connectivity index (χ1n) is 15.2. The van der Waals surface area contributed by atoms with E-state index in [1.165, 1.54) is 14.2 Å². The molecule has 0 aliphatic heterocycles. The van der Waals surface area contributed by atoms with Crippen LogP contribution in [0, 0.1) is 22.7 Å². The number of aromatic nitrogens is 2. The van der Waals surface area contributed by atoms with E-state index >= 15 is 0 Å². The van der Waals surface area contributed by atoms with E-state index in [9.17, 15) is 10.5 Å². The molecule has 8 heteroatoms. The van der Waals surface area contributed by atoms with E-state index in [2.05, 4.69) is 22.1 Å². The van der Waals surface area contributed by atoms with Crippen LogP contribution in [0.1, 0.15) is 11.1 Å². The molecule has 0 aliphatic rings. The molecule has 0 amide bonds. The van der Waals surface area contributed by atoms with Gasteiger partial charge in [0.25, 0.3) is 0 Å². The Morgan fingerprint density at radius 3 is 1.25 bits per heavy atom. The fraction of sp³-hybridized carbons (Fsp3) is 0.100. The third-order valence-electron chi connectivity index (χ3n) is 7.67. The van der Waals surface area contributed by atoms with Gasteiger partial charge >= 0.3 is 0 Å². The molecule has 0 saturated carbocycles. The molecular formula is C40H30N4O4. The number of hydrogen-bond donors (Lipinski definition) is 0. The highest BCUT2D eigenvalue weighted by molar-refractivity contribution is 5.82. The van der Waals surface area contributed by atoms with E-state index in [1.54, 1.807) is 0 Å². The van der Waals surface area contributed by atoms with Gasteiger partial charge in [-0.15, -0.1) is 0 Å². The minimum atomic E-state index is 0.209. The Labute approximate surface area is 279 Å². The molecule has 0 atom stereocenters. The van der Waals surface area contributed by atoms with Crippen LogP contribution >= 0.6 is 0 Å². The van der Waals surface area contributed by atoms with Crippen molar-refractivity contribution in [2.75, 3.05) is 27.4 Å². The molecule has 48 heavy (non-hydrogen) atoms. The second-order valence-corrected chi connectivity index (χ2v) is 10.5. The predicted octanol–water partition coefficient (Wildman–Crippen LogP) is 8.36. The predicted molar refractivity (Wildman–Crippen MR) is 184 cm³/mol. The molecule has 0 fully saturated rings. The molecule has 2 aromatic heterocycles. The maximum Gasteiger partial charge on any atom is 0.232 e. The smallest absolute Gasteiger partial charge is 0.232 e. The van der Waals surface area contributed by atoms with Crippen LogP contribution in [-0.4, -0.2) is 37.4 Å². The first kappa shape index (κ1) is 31.3. The number of hydrogen-bond acceptors (Lipinski definition) is 8. The average Bonchev–Trinajstić information content (AvgIpc) is 3.16. The van der Waals surface area contributed by atoms with Crippen LogP contribution in [0.5, 0.6) is 23.3 Å². The highest BCUT2D eigenvalue weighted by Crippen LogP contribution is 2.39. The normalized spacial score (nSPS) is 10.4. The van der Waals surface area contributed by atoms with Crippen LogP contribution in [0.25, 0.3) is 44.8 Å². The summed E-state index contributed by atoms with van der Waals surface area (Å²) in [4.78, 5) is 9.20. The standard InChI is InChI=1S/C40H30N4O4/c1-45-39-33(25-41)31(23-35(43-39)27-13-5-3-6-14-27)29-17-9-11-19-37(29)47-21-22-48-38-20-12-10-18-30(38)32-24-36(28-15-7-4-8-16-28)44-40(46-2)34(32)26-42/h3-20,23-24H,21-22H2,1-2H3. The molecule has 2 heterocycles. The van der Waals surface area contributed by atoms with Crippen molar-refractivity contribution < 1.29 is 18.9 Å². The molecule has 0 aliphatic carbocycles. The van der Waals surface area contributed by atoms with Gasteiger partial charge < -0.3 is 18.9 Å². The third-order valence-corrected chi connectivity index (χ3v) is 7.67. The number of methoxy groups -OCH3 is 2. The SMILES string of the molecule is COc1nc(-c2ccccc2)cc(-c2ccccc2OCCOc2ccccc2-c2cc(-c3ccccc3)nc(OC)c2C#N)c1C#N. The minimum Gasteiger partial charge on any atom is -0.489 e. The van der Waals surface area contributed by atoms with Crippen LogP contribution in [0.4, 0.5) is 0 Å². The van der Waals surface area contributed by atoms with Crippen LogP contribution < -0.4 is 18.9 Å². The lowest BCUT2D eigenvalue weighted by molar-refractivity contribution is 0.218. The molecular weight excluding hydrogens is 600 g/mol. The van der Waals surface area contributed by atoms with Gasteiger partial charge in [0, 0.05) is 33.4 Å². The molecule has 6 rings (SSSR count). The van der Waals surface area contributed by atoms with Gasteiger partial charge in [-0.25, -0.2) is 9.97 Å². The Morgan fingerprint density at radius 2 is 0.875 bits per heavy atom. The summed E-state index contributed by atoms with van der Waals surface area (Å²) in [5.41, 5.74) is 6.52. The zero-order valence-electron chi connectivity index (χ0n) is 26.4. The highest BCUT2D eigenvalue weighted by atomic mass is 16.5. The molecule has 0 saturated heterocycles. The van der Waals surface area contributed by atoms with E-state index in [0.717, 1.165) is 22.3 Å². The Kier molecular flexibility index (Phi) is 9.56. The first-order chi connectivity index (χ1) is 23.6. The fourth-order valence-corrected chi connectivity index (χ4v) is 5.43. The van der Waals surface area contributed by atoms with Crippen LogP contribution in [0.3, 0.4) is 0 Å². The van der Waals surface area contributed by atoms with Gasteiger partial charge in [-0.3, -0.25) is 0 Å². The summed E-state index contributed by atoms with van der Waals surface area (Å²) < 4.78 is 23.6. The summed E-state index contributed by atoms with van der Waals surface area (Å²) in [6.07, 6.45) is 0. The summed E-state index contributed by atoms with van der Waals surface area (Å²) in [6.45, 7) is 0.419. The molecule has 234 valence electrons. The minimum absolute atomic E-state index is 0.209. The van der Waals surface area contributed by atoms with Gasteiger partial charge in [-0.05, 0) is 24.3 Å². The Morgan fingerprint density at radius 1 is 0.500 bits per heavy atom. The van der Waals surface area contributed by atoms with E-state index in [-0.39, 0.29) is 25.0 Å². The molecule has 0 unspecified atom stereocenters. The lowest BCUT2D eigenvalue weighted by Gasteiger charge is -2.17. The molecule has 0 bridgehead atoms. The number of ether oxygens (including phenoxy) is 4. The van der Waals surface area contributed by atoms with Gasteiger partial charge in [0.15, 0.2) is 0 Å². The van der Waals surface area contributed by atoms with Gasteiger partial charge in [-0.1, -0.05) is 97.1 Å². The van der Waals surface area contributed by atoms with Gasteiger partial charge in [-0.2, -0.15) is 10.5 Å². The van der Waals surface area contributed by atoms with Gasteiger partial charge in [0.05, 0.1) is 25.6 Å². The Balaban J connectivity index is 1.27. The Hall–Kier alpha value is -6.64. The summed E-state index contributed by atoms with van der Waals surface area (Å²) in [5.74, 6) is 1.64. The zero-order valence-corrected chi connectivity index (χ0v) is 26.4. The summed E-state index contributed by atoms with van der Waals surface area (Å²) >= 11 is 0. The lowest BCUT2D eigenvalue weighted by Crippen LogP contribution is -2.10. The maximum atomic E-state index is 10.1. The van der Waals surface area contributed by atoms with E-state index < -0.39 is 0 Å². The number of para-hydroxylation sites is 2. The quantitative estimate of drug-likeness (QED) is 0.131. The molecule has 0 radical (unpaired) electrons. The van der Waals surface area contributed by atoms with Gasteiger partial charge in [0.1, 0.15) is 48.0 Å². The van der Waals surface area contributed by atoms with Crippen molar-refractivity contribution in [3.8, 4) is 80.2 Å². The number of nitrogens with zero attached hydrogens (tertiary/aromatic N) is 4. The van der Waals surface area contributed by atoms with Crippen molar-refractivity contribution in [2.24, 2.45) is 0 Å². The molecule has 6 aromatic rings. The van der Waals surface area contributed by atoms with Crippen molar-refractivity contribution >= 4 is 0 Å². The van der Waals surface area contributed by atoms with Crippen molar-refractivity contribution in [2.45, 2.75) is 0 Å². The fourth-order valence-electron chi connectivity index (χ4n) is 5.43. The van der Waals surface area contributed by atoms with Crippen molar-refractivity contribution in [3.05, 3.63) is 132 Å².